The van der Waals surface area contributed by atoms with E-state index in [9.17, 15) is 4.79 Å². The number of hydrogen-bond acceptors (Lipinski definition) is 2. The molecule has 2 aromatic carbocycles. The number of ether oxygens (including phenoxy) is 1. The number of fused-ring (bicyclic) bond motifs is 4. The molecule has 1 atom stereocenters. The smallest absolute Gasteiger partial charge is 0.194 e. The van der Waals surface area contributed by atoms with Crippen LogP contribution in [0.15, 0.2) is 48.1 Å². The molecule has 0 spiro atoms. The Hall–Kier alpha value is -2.35. The predicted octanol–water partition coefficient (Wildman–Crippen LogP) is 5.06. The van der Waals surface area contributed by atoms with E-state index in [4.69, 9.17) is 4.74 Å². The lowest BCUT2D eigenvalue weighted by Gasteiger charge is -2.27. The van der Waals surface area contributed by atoms with Crippen LogP contribution in [0.4, 0.5) is 0 Å². The van der Waals surface area contributed by atoms with Gasteiger partial charge in [-0.05, 0) is 36.2 Å². The monoisotopic (exact) mass is 304 g/mol. The zero-order chi connectivity index (χ0) is 16.5. The molecule has 1 heterocycles. The number of aryl methyl sites for hydroxylation is 1. The maximum absolute atomic E-state index is 13.1. The molecule has 0 amide bonds. The molecule has 1 unspecified atom stereocenters. The summed E-state index contributed by atoms with van der Waals surface area (Å²) in [5.74, 6) is 0.872. The Morgan fingerprint density at radius 3 is 2.52 bits per heavy atom. The molecule has 0 saturated carbocycles. The Morgan fingerprint density at radius 1 is 1.17 bits per heavy atom. The minimum absolute atomic E-state index is 0.0229. The molecule has 2 heteroatoms. The first-order chi connectivity index (χ1) is 10.8. The van der Waals surface area contributed by atoms with Gasteiger partial charge < -0.3 is 4.74 Å². The first-order valence-corrected chi connectivity index (χ1v) is 8.02. The van der Waals surface area contributed by atoms with Crippen molar-refractivity contribution in [2.75, 3.05) is 0 Å². The fourth-order valence-corrected chi connectivity index (χ4v) is 3.85. The molecule has 2 nitrogen and oxygen atoms in total. The van der Waals surface area contributed by atoms with Gasteiger partial charge in [0.25, 0.3) is 0 Å². The van der Waals surface area contributed by atoms with Crippen LogP contribution < -0.4 is 0 Å². The number of benzene rings is 2. The topological polar surface area (TPSA) is 26.3 Å². The van der Waals surface area contributed by atoms with E-state index in [2.05, 4.69) is 46.4 Å². The standard InChI is InChI=1S/C21H20O2/c1-11-10-16-17(15-9-7-6-8-14(11)15)19(22)12(2)18-20(16)23-13(3)21(18,4)5/h6-10,13H,2H2,1,3-5H3. The average molecular weight is 304 g/mol. The van der Waals surface area contributed by atoms with Crippen molar-refractivity contribution >= 4 is 22.3 Å². The summed E-state index contributed by atoms with van der Waals surface area (Å²) >= 11 is 0. The quantitative estimate of drug-likeness (QED) is 0.636. The summed E-state index contributed by atoms with van der Waals surface area (Å²) in [6, 6.07) is 10.1. The van der Waals surface area contributed by atoms with Gasteiger partial charge in [0.2, 0.25) is 0 Å². The SMILES string of the molecule is C=C1C(=O)c2c(cc(C)c3ccccc23)C2=C1C(C)(C)C(C)O2. The van der Waals surface area contributed by atoms with Crippen molar-refractivity contribution in [3.8, 4) is 0 Å². The van der Waals surface area contributed by atoms with Crippen LogP contribution in [0.3, 0.4) is 0 Å². The van der Waals surface area contributed by atoms with Crippen LogP contribution in [0.2, 0.25) is 0 Å². The maximum Gasteiger partial charge on any atom is 0.194 e. The van der Waals surface area contributed by atoms with Crippen LogP contribution in [-0.2, 0) is 4.74 Å². The molecule has 1 aliphatic heterocycles. The van der Waals surface area contributed by atoms with Gasteiger partial charge in [-0.1, -0.05) is 44.7 Å². The van der Waals surface area contributed by atoms with Gasteiger partial charge in [0.1, 0.15) is 11.9 Å². The molecule has 0 saturated heterocycles. The third-order valence-electron chi connectivity index (χ3n) is 5.48. The highest BCUT2D eigenvalue weighted by molar-refractivity contribution is 6.24. The van der Waals surface area contributed by atoms with Crippen LogP contribution in [-0.4, -0.2) is 11.9 Å². The number of carbonyl (C=O) groups excluding carboxylic acids is 1. The lowest BCUT2D eigenvalue weighted by atomic mass is 9.72. The molecule has 0 N–H and O–H groups in total. The van der Waals surface area contributed by atoms with Gasteiger partial charge >= 0.3 is 0 Å². The van der Waals surface area contributed by atoms with Crippen molar-refractivity contribution in [3.05, 3.63) is 64.7 Å². The molecule has 4 rings (SSSR count). The lowest BCUT2D eigenvalue weighted by molar-refractivity contribution is 0.103. The van der Waals surface area contributed by atoms with Crippen molar-refractivity contribution in [3.63, 3.8) is 0 Å². The van der Waals surface area contributed by atoms with Crippen LogP contribution in [0.1, 0.15) is 42.3 Å². The normalized spacial score (nSPS) is 22.2. The van der Waals surface area contributed by atoms with Gasteiger partial charge in [0.05, 0.1) is 0 Å². The third kappa shape index (κ3) is 1.66. The first-order valence-electron chi connectivity index (χ1n) is 8.02. The molecule has 23 heavy (non-hydrogen) atoms. The fraction of sp³-hybridized carbons (Fsp3) is 0.286. The summed E-state index contributed by atoms with van der Waals surface area (Å²) in [6.07, 6.45) is 0.0229. The van der Waals surface area contributed by atoms with Crippen LogP contribution in [0, 0.1) is 12.3 Å². The van der Waals surface area contributed by atoms with Crippen molar-refractivity contribution < 1.29 is 9.53 Å². The zero-order valence-corrected chi connectivity index (χ0v) is 14.0. The molecule has 0 bridgehead atoms. The Kier molecular flexibility index (Phi) is 2.69. The van der Waals surface area contributed by atoms with E-state index in [1.54, 1.807) is 0 Å². The Labute approximate surface area is 136 Å². The number of ketones is 1. The summed E-state index contributed by atoms with van der Waals surface area (Å²) in [7, 11) is 0. The zero-order valence-electron chi connectivity index (χ0n) is 14.0. The van der Waals surface area contributed by atoms with E-state index < -0.39 is 0 Å². The maximum atomic E-state index is 13.1. The first kappa shape index (κ1) is 14.3. The van der Waals surface area contributed by atoms with Crippen molar-refractivity contribution in [1.29, 1.82) is 0 Å². The summed E-state index contributed by atoms with van der Waals surface area (Å²) < 4.78 is 6.20. The second kappa shape index (κ2) is 4.35. The lowest BCUT2D eigenvalue weighted by Crippen LogP contribution is -2.27. The van der Waals surface area contributed by atoms with E-state index in [-0.39, 0.29) is 17.3 Å². The fourth-order valence-electron chi connectivity index (χ4n) is 3.85. The number of rotatable bonds is 0. The number of carbonyl (C=O) groups is 1. The predicted molar refractivity (Wildman–Crippen MR) is 93.4 cm³/mol. The molecule has 116 valence electrons. The third-order valence-corrected chi connectivity index (χ3v) is 5.48. The molecule has 0 aromatic heterocycles. The van der Waals surface area contributed by atoms with E-state index in [0.29, 0.717) is 5.57 Å². The average Bonchev–Trinajstić information content (AvgIpc) is 2.75. The van der Waals surface area contributed by atoms with Crippen molar-refractivity contribution in [2.24, 2.45) is 5.41 Å². The number of allylic oxidation sites excluding steroid dienone is 1. The Morgan fingerprint density at radius 2 is 1.83 bits per heavy atom. The van der Waals surface area contributed by atoms with Crippen molar-refractivity contribution in [1.82, 2.24) is 0 Å². The largest absolute Gasteiger partial charge is 0.489 e. The van der Waals surface area contributed by atoms with Gasteiger partial charge in [-0.3, -0.25) is 4.79 Å². The van der Waals surface area contributed by atoms with Gasteiger partial charge in [0, 0.05) is 27.7 Å². The summed E-state index contributed by atoms with van der Waals surface area (Å²) in [5.41, 5.74) is 4.16. The Bertz CT molecular complexity index is 928. The van der Waals surface area contributed by atoms with Gasteiger partial charge in [-0.15, -0.1) is 0 Å². The highest BCUT2D eigenvalue weighted by atomic mass is 16.5. The second-order valence-electron chi connectivity index (χ2n) is 7.16. The van der Waals surface area contributed by atoms with Crippen LogP contribution in [0.5, 0.6) is 0 Å². The molecule has 0 fully saturated rings. The van der Waals surface area contributed by atoms with E-state index in [1.807, 2.05) is 18.2 Å². The van der Waals surface area contributed by atoms with Gasteiger partial charge in [-0.2, -0.15) is 0 Å². The highest BCUT2D eigenvalue weighted by Gasteiger charge is 2.47. The number of Topliss-reactive ketones (excluding diaryl/α,β-unsaturated/α-hetero) is 1. The minimum atomic E-state index is -0.209. The summed E-state index contributed by atoms with van der Waals surface area (Å²) in [4.78, 5) is 13.1. The molecule has 2 aliphatic rings. The van der Waals surface area contributed by atoms with Crippen LogP contribution in [0.25, 0.3) is 16.5 Å². The van der Waals surface area contributed by atoms with E-state index in [1.165, 1.54) is 0 Å². The van der Waals surface area contributed by atoms with Crippen molar-refractivity contribution in [2.45, 2.75) is 33.8 Å². The molecule has 1 aliphatic carbocycles. The van der Waals surface area contributed by atoms with Crippen LogP contribution >= 0.6 is 0 Å². The Balaban J connectivity index is 2.14. The molecule has 0 radical (unpaired) electrons. The molecule has 2 aromatic rings. The highest BCUT2D eigenvalue weighted by Crippen LogP contribution is 2.53. The van der Waals surface area contributed by atoms with E-state index in [0.717, 1.165) is 38.8 Å². The minimum Gasteiger partial charge on any atom is -0.489 e. The molecular formula is C21H20O2. The number of hydrogen-bond donors (Lipinski definition) is 0. The van der Waals surface area contributed by atoms with E-state index >= 15 is 0 Å². The molecular weight excluding hydrogens is 284 g/mol. The van der Waals surface area contributed by atoms with Gasteiger partial charge in [-0.25, -0.2) is 0 Å². The summed E-state index contributed by atoms with van der Waals surface area (Å²) in [6.45, 7) is 12.5. The van der Waals surface area contributed by atoms with Gasteiger partial charge in [0.15, 0.2) is 5.78 Å². The second-order valence-corrected chi connectivity index (χ2v) is 7.16. The summed E-state index contributed by atoms with van der Waals surface area (Å²) in [5, 5.41) is 2.10.